The number of nitrogens with zero attached hydrogens (tertiary/aromatic N) is 1. The van der Waals surface area contributed by atoms with Crippen LogP contribution in [0.2, 0.25) is 0 Å². The highest BCUT2D eigenvalue weighted by Crippen LogP contribution is 2.31. The maximum absolute atomic E-state index is 12.4. The topological polar surface area (TPSA) is 73.6 Å². The average Bonchev–Trinajstić information content (AvgIpc) is 3.05. The molecule has 2 aromatic rings. The minimum Gasteiger partial charge on any atom is -0.497 e. The van der Waals surface area contributed by atoms with Crippen LogP contribution in [0.1, 0.15) is 30.9 Å². The predicted molar refractivity (Wildman–Crippen MR) is 92.6 cm³/mol. The molecule has 0 radical (unpaired) electrons. The summed E-state index contributed by atoms with van der Waals surface area (Å²) in [6.45, 7) is 4.97. The SMILES string of the molecule is COc1ccc2c(c1)OC[C@@H](C(=O)NCc1cc(CC(C)C)no1)C2. The van der Waals surface area contributed by atoms with Crippen LogP contribution < -0.4 is 14.8 Å². The number of nitrogens with one attached hydrogen (secondary N) is 1. The summed E-state index contributed by atoms with van der Waals surface area (Å²) in [5.74, 6) is 2.49. The molecule has 0 fully saturated rings. The van der Waals surface area contributed by atoms with E-state index in [0.29, 0.717) is 31.3 Å². The van der Waals surface area contributed by atoms with Gasteiger partial charge in [0.15, 0.2) is 5.76 Å². The number of fused-ring (bicyclic) bond motifs is 1. The Morgan fingerprint density at radius 1 is 1.40 bits per heavy atom. The number of aromatic nitrogens is 1. The number of hydrogen-bond donors (Lipinski definition) is 1. The van der Waals surface area contributed by atoms with Gasteiger partial charge in [-0.3, -0.25) is 4.79 Å². The summed E-state index contributed by atoms with van der Waals surface area (Å²) in [6, 6.07) is 7.59. The van der Waals surface area contributed by atoms with Crippen LogP contribution in [0.4, 0.5) is 0 Å². The lowest BCUT2D eigenvalue weighted by Crippen LogP contribution is -2.36. The van der Waals surface area contributed by atoms with E-state index in [1.807, 2.05) is 24.3 Å². The molecular formula is C19H24N2O4. The number of amides is 1. The molecule has 1 aromatic heterocycles. The quantitative estimate of drug-likeness (QED) is 0.872. The third-order valence-electron chi connectivity index (χ3n) is 4.21. The molecule has 1 aliphatic rings. The number of carbonyl (C=O) groups is 1. The van der Waals surface area contributed by atoms with Crippen molar-refractivity contribution in [2.24, 2.45) is 11.8 Å². The van der Waals surface area contributed by atoms with Gasteiger partial charge in [0.05, 0.1) is 25.3 Å². The van der Waals surface area contributed by atoms with Crippen LogP contribution in [0.5, 0.6) is 11.5 Å². The Balaban J connectivity index is 1.54. The van der Waals surface area contributed by atoms with E-state index in [-0.39, 0.29) is 11.8 Å². The van der Waals surface area contributed by atoms with Crippen molar-refractivity contribution in [1.82, 2.24) is 10.5 Å². The van der Waals surface area contributed by atoms with Crippen molar-refractivity contribution < 1.29 is 18.8 Å². The van der Waals surface area contributed by atoms with Gasteiger partial charge in [0.25, 0.3) is 0 Å². The third kappa shape index (κ3) is 4.32. The van der Waals surface area contributed by atoms with Crippen molar-refractivity contribution >= 4 is 5.91 Å². The molecule has 6 nitrogen and oxygen atoms in total. The van der Waals surface area contributed by atoms with Gasteiger partial charge in [-0.25, -0.2) is 0 Å². The molecule has 0 unspecified atom stereocenters. The zero-order valence-electron chi connectivity index (χ0n) is 14.9. The summed E-state index contributed by atoms with van der Waals surface area (Å²) < 4.78 is 16.2. The lowest BCUT2D eigenvalue weighted by atomic mass is 9.96. The van der Waals surface area contributed by atoms with E-state index >= 15 is 0 Å². The summed E-state index contributed by atoms with van der Waals surface area (Å²) in [6.07, 6.45) is 1.52. The molecular weight excluding hydrogens is 320 g/mol. The largest absolute Gasteiger partial charge is 0.497 e. The highest BCUT2D eigenvalue weighted by Gasteiger charge is 2.26. The van der Waals surface area contributed by atoms with E-state index in [0.717, 1.165) is 29.2 Å². The third-order valence-corrected chi connectivity index (χ3v) is 4.21. The second kappa shape index (κ2) is 7.59. The van der Waals surface area contributed by atoms with E-state index in [1.165, 1.54) is 0 Å². The maximum atomic E-state index is 12.4. The molecule has 1 aliphatic heterocycles. The van der Waals surface area contributed by atoms with Crippen LogP contribution in [0.15, 0.2) is 28.8 Å². The van der Waals surface area contributed by atoms with Crippen molar-refractivity contribution in [3.8, 4) is 11.5 Å². The van der Waals surface area contributed by atoms with E-state index in [9.17, 15) is 4.79 Å². The van der Waals surface area contributed by atoms with E-state index in [2.05, 4.69) is 24.3 Å². The summed E-state index contributed by atoms with van der Waals surface area (Å²) >= 11 is 0. The molecule has 3 rings (SSSR count). The number of hydrogen-bond acceptors (Lipinski definition) is 5. The summed E-state index contributed by atoms with van der Waals surface area (Å²) in [5.41, 5.74) is 1.94. The van der Waals surface area contributed by atoms with Gasteiger partial charge in [0.2, 0.25) is 5.91 Å². The Bertz CT molecular complexity index is 739. The fourth-order valence-corrected chi connectivity index (χ4v) is 2.92. The molecule has 134 valence electrons. The van der Waals surface area contributed by atoms with Crippen molar-refractivity contribution in [3.05, 3.63) is 41.3 Å². The first-order valence-electron chi connectivity index (χ1n) is 8.57. The summed E-state index contributed by atoms with van der Waals surface area (Å²) in [7, 11) is 1.62. The van der Waals surface area contributed by atoms with Crippen LogP contribution in [0.25, 0.3) is 0 Å². The van der Waals surface area contributed by atoms with Crippen molar-refractivity contribution in [3.63, 3.8) is 0 Å². The lowest BCUT2D eigenvalue weighted by molar-refractivity contribution is -0.126. The Hall–Kier alpha value is -2.50. The van der Waals surface area contributed by atoms with Crippen molar-refractivity contribution in [1.29, 1.82) is 0 Å². The standard InChI is InChI=1S/C19H24N2O4/c1-12(2)6-15-8-17(25-21-15)10-20-19(22)14-7-13-4-5-16(23-3)9-18(13)24-11-14/h4-5,8-9,12,14H,6-7,10-11H2,1-3H3,(H,20,22)/t14-/m0/s1. The minimum atomic E-state index is -0.209. The predicted octanol–water partition coefficient (Wildman–Crippen LogP) is 2.75. The van der Waals surface area contributed by atoms with Crippen molar-refractivity contribution in [2.45, 2.75) is 33.2 Å². The van der Waals surface area contributed by atoms with E-state index < -0.39 is 0 Å². The van der Waals surface area contributed by atoms with E-state index in [1.54, 1.807) is 7.11 Å². The number of carbonyl (C=O) groups excluding carboxylic acids is 1. The maximum Gasteiger partial charge on any atom is 0.227 e. The number of rotatable bonds is 6. The first kappa shape index (κ1) is 17.3. The van der Waals surface area contributed by atoms with Gasteiger partial charge in [0.1, 0.15) is 18.1 Å². The number of benzene rings is 1. The smallest absolute Gasteiger partial charge is 0.227 e. The molecule has 0 bridgehead atoms. The molecule has 0 saturated heterocycles. The second-order valence-electron chi connectivity index (χ2n) is 6.79. The normalized spacial score (nSPS) is 16.2. The summed E-state index contributed by atoms with van der Waals surface area (Å²) in [4.78, 5) is 12.4. The Morgan fingerprint density at radius 3 is 3.00 bits per heavy atom. The Kier molecular flexibility index (Phi) is 5.26. The zero-order valence-corrected chi connectivity index (χ0v) is 14.9. The number of ether oxygens (including phenoxy) is 2. The van der Waals surface area contributed by atoms with Gasteiger partial charge < -0.3 is 19.3 Å². The Morgan fingerprint density at radius 2 is 2.24 bits per heavy atom. The summed E-state index contributed by atoms with van der Waals surface area (Å²) in [5, 5.41) is 6.94. The monoisotopic (exact) mass is 344 g/mol. The first-order valence-corrected chi connectivity index (χ1v) is 8.57. The van der Waals surface area contributed by atoms with Crippen molar-refractivity contribution in [2.75, 3.05) is 13.7 Å². The second-order valence-corrected chi connectivity index (χ2v) is 6.79. The van der Waals surface area contributed by atoms with Gasteiger partial charge in [-0.15, -0.1) is 0 Å². The number of methoxy groups -OCH3 is 1. The van der Waals surface area contributed by atoms with Crippen LogP contribution in [-0.4, -0.2) is 24.8 Å². The zero-order chi connectivity index (χ0) is 17.8. The van der Waals surface area contributed by atoms with Gasteiger partial charge >= 0.3 is 0 Å². The molecule has 6 heteroatoms. The van der Waals surface area contributed by atoms with Gasteiger partial charge in [-0.1, -0.05) is 25.1 Å². The lowest BCUT2D eigenvalue weighted by Gasteiger charge is -2.24. The molecule has 1 atom stereocenters. The molecule has 2 heterocycles. The molecule has 1 aromatic carbocycles. The van der Waals surface area contributed by atoms with E-state index in [4.69, 9.17) is 14.0 Å². The molecule has 0 saturated carbocycles. The van der Waals surface area contributed by atoms with Crippen LogP contribution >= 0.6 is 0 Å². The highest BCUT2D eigenvalue weighted by atomic mass is 16.5. The Labute approximate surface area is 147 Å². The molecule has 0 aliphatic carbocycles. The molecule has 0 spiro atoms. The van der Waals surface area contributed by atoms with Gasteiger partial charge in [-0.2, -0.15) is 0 Å². The average molecular weight is 344 g/mol. The highest BCUT2D eigenvalue weighted by molar-refractivity contribution is 5.79. The fourth-order valence-electron chi connectivity index (χ4n) is 2.92. The molecule has 1 amide bonds. The van der Waals surface area contributed by atoms with Crippen LogP contribution in [0, 0.1) is 11.8 Å². The minimum absolute atomic E-state index is 0.0386. The van der Waals surface area contributed by atoms with Gasteiger partial charge in [0, 0.05) is 12.1 Å². The van der Waals surface area contributed by atoms with Crippen LogP contribution in [0.3, 0.4) is 0 Å². The van der Waals surface area contributed by atoms with Gasteiger partial charge in [-0.05, 0) is 30.4 Å². The fraction of sp³-hybridized carbons (Fsp3) is 0.474. The molecule has 25 heavy (non-hydrogen) atoms. The molecule has 1 N–H and O–H groups in total. The first-order chi connectivity index (χ1) is 12.0. The van der Waals surface area contributed by atoms with Crippen LogP contribution in [-0.2, 0) is 24.2 Å².